The van der Waals surface area contributed by atoms with Gasteiger partial charge in [0.1, 0.15) is 4.21 Å². The monoisotopic (exact) mass is 355 g/mol. The standard InChI is InChI=1S/C10H14BrNO2S3/c1-15-10(4-2-5-10)7-12-17(13,14)9-8(11)3-6-16-9/h3,6,12H,2,4-5,7H2,1H3. The molecule has 0 amide bonds. The molecule has 1 N–H and O–H groups in total. The van der Waals surface area contributed by atoms with E-state index in [9.17, 15) is 8.42 Å². The first-order valence-corrected chi connectivity index (χ1v) is 9.65. The summed E-state index contributed by atoms with van der Waals surface area (Å²) in [4.78, 5) is 0. The third kappa shape index (κ3) is 2.89. The molecule has 17 heavy (non-hydrogen) atoms. The Balaban J connectivity index is 2.06. The highest BCUT2D eigenvalue weighted by molar-refractivity contribution is 9.10. The van der Waals surface area contributed by atoms with Crippen LogP contribution >= 0.6 is 39.0 Å². The van der Waals surface area contributed by atoms with Gasteiger partial charge in [0.05, 0.1) is 0 Å². The Morgan fingerprint density at radius 3 is 2.71 bits per heavy atom. The minimum Gasteiger partial charge on any atom is -0.209 e. The van der Waals surface area contributed by atoms with Crippen molar-refractivity contribution in [3.8, 4) is 0 Å². The lowest BCUT2D eigenvalue weighted by Crippen LogP contribution is -2.45. The first-order chi connectivity index (χ1) is 7.99. The molecule has 1 saturated carbocycles. The molecule has 0 spiro atoms. The van der Waals surface area contributed by atoms with E-state index >= 15 is 0 Å². The molecule has 1 aliphatic rings. The van der Waals surface area contributed by atoms with Crippen molar-refractivity contribution in [3.63, 3.8) is 0 Å². The lowest BCUT2D eigenvalue weighted by molar-refractivity contribution is 0.362. The topological polar surface area (TPSA) is 46.2 Å². The summed E-state index contributed by atoms with van der Waals surface area (Å²) in [6.45, 7) is 0.529. The summed E-state index contributed by atoms with van der Waals surface area (Å²) in [6.07, 6.45) is 5.45. The molecular formula is C10H14BrNO2S3. The molecular weight excluding hydrogens is 342 g/mol. The van der Waals surface area contributed by atoms with Gasteiger partial charge in [-0.1, -0.05) is 6.42 Å². The Labute approximate surface area is 119 Å². The molecule has 1 aromatic heterocycles. The summed E-state index contributed by atoms with van der Waals surface area (Å²) in [6, 6.07) is 1.76. The number of thiophene rings is 1. The molecule has 1 aliphatic carbocycles. The summed E-state index contributed by atoms with van der Waals surface area (Å²) in [5.74, 6) is 0. The van der Waals surface area contributed by atoms with E-state index in [0.717, 1.165) is 12.8 Å². The smallest absolute Gasteiger partial charge is 0.209 e. The van der Waals surface area contributed by atoms with Gasteiger partial charge in [-0.05, 0) is 46.5 Å². The molecule has 0 saturated heterocycles. The number of hydrogen-bond acceptors (Lipinski definition) is 4. The van der Waals surface area contributed by atoms with Crippen LogP contribution in [0.15, 0.2) is 20.1 Å². The third-order valence-corrected chi connectivity index (χ3v) is 8.60. The fraction of sp³-hybridized carbons (Fsp3) is 0.600. The van der Waals surface area contributed by atoms with Crippen molar-refractivity contribution in [1.82, 2.24) is 4.72 Å². The maximum atomic E-state index is 12.1. The zero-order valence-corrected chi connectivity index (χ0v) is 13.4. The number of thioether (sulfide) groups is 1. The van der Waals surface area contributed by atoms with Crippen LogP contribution in [0.1, 0.15) is 19.3 Å². The Kier molecular flexibility index (Phi) is 4.24. The van der Waals surface area contributed by atoms with Crippen molar-refractivity contribution < 1.29 is 8.42 Å². The fourth-order valence-electron chi connectivity index (χ4n) is 1.79. The Morgan fingerprint density at radius 1 is 1.59 bits per heavy atom. The van der Waals surface area contributed by atoms with Gasteiger partial charge in [-0.2, -0.15) is 11.8 Å². The second-order valence-electron chi connectivity index (χ2n) is 4.12. The summed E-state index contributed by atoms with van der Waals surface area (Å²) < 4.78 is 28.0. The molecule has 7 heteroatoms. The van der Waals surface area contributed by atoms with Crippen molar-refractivity contribution in [1.29, 1.82) is 0 Å². The summed E-state index contributed by atoms with van der Waals surface area (Å²) in [5, 5.41) is 1.77. The van der Waals surface area contributed by atoms with E-state index in [1.54, 1.807) is 23.2 Å². The van der Waals surface area contributed by atoms with Crippen molar-refractivity contribution in [2.75, 3.05) is 12.8 Å². The van der Waals surface area contributed by atoms with Crippen LogP contribution in [0.5, 0.6) is 0 Å². The van der Waals surface area contributed by atoms with Gasteiger partial charge in [0.2, 0.25) is 0 Å². The second-order valence-corrected chi connectivity index (χ2v) is 9.13. The molecule has 1 fully saturated rings. The van der Waals surface area contributed by atoms with Gasteiger partial charge in [0.15, 0.2) is 0 Å². The molecule has 0 aliphatic heterocycles. The lowest BCUT2D eigenvalue weighted by atomic mass is 9.84. The van der Waals surface area contributed by atoms with E-state index in [0.29, 0.717) is 15.2 Å². The largest absolute Gasteiger partial charge is 0.251 e. The van der Waals surface area contributed by atoms with Crippen LogP contribution in [-0.4, -0.2) is 26.0 Å². The van der Waals surface area contributed by atoms with E-state index in [2.05, 4.69) is 26.9 Å². The van der Waals surface area contributed by atoms with Gasteiger partial charge in [-0.25, -0.2) is 13.1 Å². The quantitative estimate of drug-likeness (QED) is 0.882. The number of nitrogens with one attached hydrogen (secondary N) is 1. The maximum absolute atomic E-state index is 12.1. The van der Waals surface area contributed by atoms with Crippen LogP contribution in [0.25, 0.3) is 0 Å². The van der Waals surface area contributed by atoms with Crippen LogP contribution in [0.4, 0.5) is 0 Å². The third-order valence-electron chi connectivity index (χ3n) is 3.11. The van der Waals surface area contributed by atoms with Crippen molar-refractivity contribution in [2.24, 2.45) is 0 Å². The zero-order valence-electron chi connectivity index (χ0n) is 9.40. The van der Waals surface area contributed by atoms with Crippen LogP contribution in [0.2, 0.25) is 0 Å². The summed E-state index contributed by atoms with van der Waals surface area (Å²) in [7, 11) is -3.36. The van der Waals surface area contributed by atoms with E-state index in [1.165, 1.54) is 17.8 Å². The lowest BCUT2D eigenvalue weighted by Gasteiger charge is -2.40. The number of hydrogen-bond donors (Lipinski definition) is 1. The fourth-order valence-corrected chi connectivity index (χ4v) is 6.30. The molecule has 0 aromatic carbocycles. The number of sulfonamides is 1. The summed E-state index contributed by atoms with van der Waals surface area (Å²) >= 11 is 6.26. The summed E-state index contributed by atoms with van der Waals surface area (Å²) in [5.41, 5.74) is 0. The predicted octanol–water partition coefficient (Wildman–Crippen LogP) is 3.07. The highest BCUT2D eigenvalue weighted by Crippen LogP contribution is 2.42. The van der Waals surface area contributed by atoms with Gasteiger partial charge < -0.3 is 0 Å². The molecule has 0 atom stereocenters. The van der Waals surface area contributed by atoms with Crippen LogP contribution in [-0.2, 0) is 10.0 Å². The van der Waals surface area contributed by atoms with Gasteiger partial charge in [-0.15, -0.1) is 11.3 Å². The molecule has 2 rings (SSSR count). The average molecular weight is 356 g/mol. The Hall–Kier alpha value is 0.440. The van der Waals surface area contributed by atoms with Crippen LogP contribution in [0.3, 0.4) is 0 Å². The maximum Gasteiger partial charge on any atom is 0.251 e. The van der Waals surface area contributed by atoms with Crippen LogP contribution < -0.4 is 4.72 Å². The second kappa shape index (κ2) is 5.21. The van der Waals surface area contributed by atoms with E-state index in [4.69, 9.17) is 0 Å². The average Bonchev–Trinajstić information content (AvgIpc) is 2.64. The molecule has 1 aromatic rings. The van der Waals surface area contributed by atoms with Crippen molar-refractivity contribution in [3.05, 3.63) is 15.9 Å². The normalized spacial score (nSPS) is 18.9. The predicted molar refractivity (Wildman–Crippen MR) is 77.3 cm³/mol. The van der Waals surface area contributed by atoms with Crippen molar-refractivity contribution >= 4 is 49.1 Å². The molecule has 1 heterocycles. The first-order valence-electron chi connectivity index (χ1n) is 5.27. The van der Waals surface area contributed by atoms with E-state index < -0.39 is 10.0 Å². The molecule has 0 bridgehead atoms. The Morgan fingerprint density at radius 2 is 2.29 bits per heavy atom. The molecule has 0 radical (unpaired) electrons. The molecule has 0 unspecified atom stereocenters. The van der Waals surface area contributed by atoms with Crippen molar-refractivity contribution in [2.45, 2.75) is 28.2 Å². The highest BCUT2D eigenvalue weighted by atomic mass is 79.9. The van der Waals surface area contributed by atoms with E-state index in [1.807, 2.05) is 0 Å². The van der Waals surface area contributed by atoms with E-state index in [-0.39, 0.29) is 4.75 Å². The zero-order chi connectivity index (χ0) is 12.5. The Bertz CT molecular complexity index is 488. The number of halogens is 1. The minimum atomic E-state index is -3.36. The SMILES string of the molecule is CSC1(CNS(=O)(=O)c2sccc2Br)CCC1. The van der Waals surface area contributed by atoms with Gasteiger partial charge >= 0.3 is 0 Å². The molecule has 96 valence electrons. The van der Waals surface area contributed by atoms with Gasteiger partial charge in [-0.3, -0.25) is 0 Å². The molecule has 3 nitrogen and oxygen atoms in total. The minimum absolute atomic E-state index is 0.122. The van der Waals surface area contributed by atoms with Gasteiger partial charge in [0.25, 0.3) is 10.0 Å². The van der Waals surface area contributed by atoms with Crippen LogP contribution in [0, 0.1) is 0 Å². The number of rotatable bonds is 5. The first kappa shape index (κ1) is 13.9. The highest BCUT2D eigenvalue weighted by Gasteiger charge is 2.37. The van der Waals surface area contributed by atoms with Gasteiger partial charge in [0, 0.05) is 15.8 Å².